The number of benzene rings is 2. The predicted octanol–water partition coefficient (Wildman–Crippen LogP) is 2.64. The van der Waals surface area contributed by atoms with E-state index in [4.69, 9.17) is 10.5 Å². The lowest BCUT2D eigenvalue weighted by atomic mass is 9.97. The van der Waals surface area contributed by atoms with Crippen molar-refractivity contribution >= 4 is 23.8 Å². The average molecular weight is 541 g/mol. The first kappa shape index (κ1) is 31.3. The number of nitrogens with two attached hydrogens (primary N) is 1. The highest BCUT2D eigenvalue weighted by Crippen LogP contribution is 2.25. The maximum absolute atomic E-state index is 13.9. The van der Waals surface area contributed by atoms with Crippen LogP contribution in [0.15, 0.2) is 48.5 Å². The van der Waals surface area contributed by atoms with Gasteiger partial charge in [0.25, 0.3) is 0 Å². The summed E-state index contributed by atoms with van der Waals surface area (Å²) in [4.78, 5) is 52.9. The zero-order chi connectivity index (χ0) is 29.2. The van der Waals surface area contributed by atoms with E-state index < -0.39 is 48.1 Å². The molecule has 39 heavy (non-hydrogen) atoms. The van der Waals surface area contributed by atoms with Gasteiger partial charge >= 0.3 is 6.09 Å². The average Bonchev–Trinajstić information content (AvgIpc) is 2.86. The minimum atomic E-state index is -1.23. The van der Waals surface area contributed by atoms with Crippen LogP contribution in [0.25, 0.3) is 0 Å². The van der Waals surface area contributed by atoms with Gasteiger partial charge in [-0.15, -0.1) is 0 Å². The van der Waals surface area contributed by atoms with Crippen LogP contribution in [0.3, 0.4) is 0 Å². The Morgan fingerprint density at radius 3 is 2.26 bits per heavy atom. The molecular weight excluding hydrogens is 500 g/mol. The first-order valence-corrected chi connectivity index (χ1v) is 12.9. The molecule has 10 nitrogen and oxygen atoms in total. The quantitative estimate of drug-likeness (QED) is 0.325. The van der Waals surface area contributed by atoms with Crippen molar-refractivity contribution in [2.75, 3.05) is 13.2 Å². The maximum Gasteiger partial charge on any atom is 0.408 e. The predicted molar refractivity (Wildman–Crippen MR) is 147 cm³/mol. The second kappa shape index (κ2) is 14.3. The van der Waals surface area contributed by atoms with E-state index in [-0.39, 0.29) is 25.9 Å². The van der Waals surface area contributed by atoms with Gasteiger partial charge in [-0.2, -0.15) is 0 Å². The number of primary amides is 1. The van der Waals surface area contributed by atoms with Crippen molar-refractivity contribution in [3.8, 4) is 0 Å². The van der Waals surface area contributed by atoms with Crippen molar-refractivity contribution in [1.29, 1.82) is 0 Å². The van der Waals surface area contributed by atoms with E-state index in [0.717, 1.165) is 16.7 Å². The molecule has 2 aromatic carbocycles. The number of nitrogens with zero attached hydrogens (tertiary/aromatic N) is 1. The van der Waals surface area contributed by atoms with Gasteiger partial charge in [-0.05, 0) is 63.3 Å². The van der Waals surface area contributed by atoms with Crippen LogP contribution in [0.4, 0.5) is 4.79 Å². The first-order valence-electron chi connectivity index (χ1n) is 12.9. The third kappa shape index (κ3) is 10.0. The molecule has 2 rings (SSSR count). The van der Waals surface area contributed by atoms with Crippen molar-refractivity contribution in [3.63, 3.8) is 0 Å². The fraction of sp³-hybridized carbons (Fsp3) is 0.448. The number of nitrogens with one attached hydrogen (secondary N) is 2. The molecule has 4 amide bonds. The molecule has 2 aromatic rings. The molecule has 0 saturated heterocycles. The van der Waals surface area contributed by atoms with Crippen molar-refractivity contribution in [1.82, 2.24) is 15.5 Å². The second-order valence-electron chi connectivity index (χ2n) is 10.4. The lowest BCUT2D eigenvalue weighted by Gasteiger charge is -2.34. The van der Waals surface area contributed by atoms with Gasteiger partial charge in [-0.1, -0.05) is 48.5 Å². The number of carbonyl (C=O) groups excluding carboxylic acids is 4. The Morgan fingerprint density at radius 1 is 1.03 bits per heavy atom. The molecule has 0 heterocycles. The molecule has 0 aromatic heterocycles. The van der Waals surface area contributed by atoms with Crippen molar-refractivity contribution in [3.05, 3.63) is 70.8 Å². The van der Waals surface area contributed by atoms with Crippen LogP contribution in [0, 0.1) is 13.8 Å². The molecule has 212 valence electrons. The zero-order valence-corrected chi connectivity index (χ0v) is 23.3. The number of aliphatic hydroxyl groups is 1. The Bertz CT molecular complexity index is 1150. The Kier molecular flexibility index (Phi) is 11.5. The van der Waals surface area contributed by atoms with Crippen molar-refractivity contribution < 1.29 is 29.0 Å². The summed E-state index contributed by atoms with van der Waals surface area (Å²) >= 11 is 0. The molecule has 0 spiro atoms. The molecule has 10 heteroatoms. The van der Waals surface area contributed by atoms with Gasteiger partial charge in [-0.3, -0.25) is 14.4 Å². The van der Waals surface area contributed by atoms with Crippen LogP contribution in [0.1, 0.15) is 61.9 Å². The molecule has 5 N–H and O–H groups in total. The van der Waals surface area contributed by atoms with E-state index in [1.165, 1.54) is 4.90 Å². The van der Waals surface area contributed by atoms with Crippen LogP contribution in [-0.2, 0) is 25.7 Å². The summed E-state index contributed by atoms with van der Waals surface area (Å²) < 4.78 is 5.31. The summed E-state index contributed by atoms with van der Waals surface area (Å²) in [6.45, 7) is 8.46. The van der Waals surface area contributed by atoms with E-state index in [0.29, 0.717) is 5.56 Å². The molecule has 0 aliphatic carbocycles. The minimum absolute atomic E-state index is 0.110. The molecule has 2 unspecified atom stereocenters. The molecule has 0 radical (unpaired) electrons. The van der Waals surface area contributed by atoms with E-state index in [9.17, 15) is 24.3 Å². The van der Waals surface area contributed by atoms with Crippen LogP contribution < -0.4 is 16.4 Å². The summed E-state index contributed by atoms with van der Waals surface area (Å²) in [7, 11) is 0. The van der Waals surface area contributed by atoms with Crippen LogP contribution in [0.5, 0.6) is 0 Å². The molecule has 0 fully saturated rings. The molecule has 0 bridgehead atoms. The molecular formula is C29H40N4O6. The fourth-order valence-electron chi connectivity index (χ4n) is 3.96. The second-order valence-corrected chi connectivity index (χ2v) is 10.4. The van der Waals surface area contributed by atoms with Gasteiger partial charge in [0.2, 0.25) is 17.7 Å². The Balaban J connectivity index is 2.47. The minimum Gasteiger partial charge on any atom is -0.444 e. The van der Waals surface area contributed by atoms with Gasteiger partial charge in [0.05, 0.1) is 6.61 Å². The highest BCUT2D eigenvalue weighted by molar-refractivity contribution is 5.92. The normalized spacial score (nSPS) is 12.7. The number of rotatable bonds is 12. The fourth-order valence-corrected chi connectivity index (χ4v) is 3.96. The number of hydrogen-bond donors (Lipinski definition) is 4. The van der Waals surface area contributed by atoms with Gasteiger partial charge in [0, 0.05) is 19.5 Å². The first-order chi connectivity index (χ1) is 18.3. The van der Waals surface area contributed by atoms with Gasteiger partial charge in [0.1, 0.15) is 17.7 Å². The van der Waals surface area contributed by atoms with Crippen LogP contribution in [0.2, 0.25) is 0 Å². The summed E-state index contributed by atoms with van der Waals surface area (Å²) in [5.74, 6) is -1.78. The third-order valence-corrected chi connectivity index (χ3v) is 6.01. The van der Waals surface area contributed by atoms with Crippen molar-refractivity contribution in [2.45, 2.75) is 71.7 Å². The topological polar surface area (TPSA) is 151 Å². The Morgan fingerprint density at radius 2 is 1.69 bits per heavy atom. The largest absolute Gasteiger partial charge is 0.444 e. The number of carbonyl (C=O) groups is 4. The smallest absolute Gasteiger partial charge is 0.408 e. The zero-order valence-electron chi connectivity index (χ0n) is 23.3. The van der Waals surface area contributed by atoms with Gasteiger partial charge < -0.3 is 31.1 Å². The van der Waals surface area contributed by atoms with Crippen LogP contribution in [-0.4, -0.2) is 58.6 Å². The lowest BCUT2D eigenvalue weighted by Crippen LogP contribution is -2.53. The number of alkyl carbamates (subject to hydrolysis) is 1. The summed E-state index contributed by atoms with van der Waals surface area (Å²) in [5, 5.41) is 15.3. The van der Waals surface area contributed by atoms with E-state index >= 15 is 0 Å². The third-order valence-electron chi connectivity index (χ3n) is 6.01. The van der Waals surface area contributed by atoms with Crippen LogP contribution >= 0.6 is 0 Å². The van der Waals surface area contributed by atoms with Gasteiger partial charge in [-0.25, -0.2) is 4.79 Å². The van der Waals surface area contributed by atoms with E-state index in [1.807, 2.05) is 56.3 Å². The standard InChI is InChI=1S/C29H40N4O6/c1-19-11-12-22(17-20(19)2)25(26(36)31-18-21-9-7-6-8-10-21)33(15-16-34)27(37)23(13-14-24(30)35)32-28(38)39-29(3,4)5/h6-12,17,23,25,34H,13-16,18H2,1-5H3,(H2,30,35)(H,31,36)(H,32,38). The molecule has 0 saturated carbocycles. The summed E-state index contributed by atoms with van der Waals surface area (Å²) in [6, 6.07) is 12.4. The Labute approximate surface area is 229 Å². The SMILES string of the molecule is Cc1ccc(C(C(=O)NCc2ccccc2)N(CCO)C(=O)C(CCC(N)=O)NC(=O)OC(C)(C)C)cc1C. The van der Waals surface area contributed by atoms with Crippen molar-refractivity contribution in [2.24, 2.45) is 5.73 Å². The number of amides is 4. The number of ether oxygens (including phenoxy) is 1. The highest BCUT2D eigenvalue weighted by Gasteiger charge is 2.36. The molecule has 0 aliphatic heterocycles. The monoisotopic (exact) mass is 540 g/mol. The maximum atomic E-state index is 13.9. The Hall–Kier alpha value is -3.92. The number of aryl methyl sites for hydroxylation is 2. The lowest BCUT2D eigenvalue weighted by molar-refractivity contribution is -0.143. The number of aliphatic hydroxyl groups excluding tert-OH is 1. The van der Waals surface area contributed by atoms with E-state index in [1.54, 1.807) is 26.8 Å². The highest BCUT2D eigenvalue weighted by atomic mass is 16.6. The summed E-state index contributed by atoms with van der Waals surface area (Å²) in [6.07, 6.45) is -1.15. The van der Waals surface area contributed by atoms with E-state index in [2.05, 4.69) is 10.6 Å². The number of hydrogen-bond acceptors (Lipinski definition) is 6. The van der Waals surface area contributed by atoms with Gasteiger partial charge in [0.15, 0.2) is 0 Å². The summed E-state index contributed by atoms with van der Waals surface area (Å²) in [5.41, 5.74) is 7.83. The molecule has 0 aliphatic rings. The molecule has 2 atom stereocenters.